The third-order valence-corrected chi connectivity index (χ3v) is 3.36. The van der Waals surface area contributed by atoms with E-state index < -0.39 is 0 Å². The minimum Gasteiger partial charge on any atom is -0.355 e. The number of halogens is 1. The molecule has 1 unspecified atom stereocenters. The Morgan fingerprint density at radius 2 is 2.20 bits per heavy atom. The van der Waals surface area contributed by atoms with Gasteiger partial charge in [0.2, 0.25) is 0 Å². The average molecular weight is 246 g/mol. The monoisotopic (exact) mass is 245 g/mol. The predicted molar refractivity (Wildman–Crippen MR) is 67.8 cm³/mol. The number of hydrogen-bond acceptors (Lipinski definition) is 4. The van der Waals surface area contributed by atoms with Crippen molar-refractivity contribution in [3.05, 3.63) is 17.8 Å². The van der Waals surface area contributed by atoms with E-state index in [2.05, 4.69) is 28.3 Å². The summed E-state index contributed by atoms with van der Waals surface area (Å²) < 4.78 is 0. The van der Waals surface area contributed by atoms with Gasteiger partial charge in [-0.1, -0.05) is 0 Å². The Kier molecular flexibility index (Phi) is 5.19. The fraction of sp³-hybridized carbons (Fsp3) is 0.600. The number of hydrogen-bond donors (Lipinski definition) is 0. The van der Waals surface area contributed by atoms with Gasteiger partial charge in [-0.15, -0.1) is 16.7 Å². The van der Waals surface area contributed by atoms with Crippen molar-refractivity contribution in [2.75, 3.05) is 24.0 Å². The summed E-state index contributed by atoms with van der Waals surface area (Å²) in [6.45, 7) is 2.17. The Morgan fingerprint density at radius 1 is 1.47 bits per heavy atom. The van der Waals surface area contributed by atoms with Crippen molar-refractivity contribution in [1.29, 1.82) is 0 Å². The number of thioether (sulfide) groups is 1. The molecule has 1 heterocycles. The highest BCUT2D eigenvalue weighted by molar-refractivity contribution is 7.98. The van der Waals surface area contributed by atoms with Crippen molar-refractivity contribution in [2.45, 2.75) is 18.8 Å². The molecule has 15 heavy (non-hydrogen) atoms. The number of alkyl halides is 1. The smallest absolute Gasteiger partial charge is 0.151 e. The van der Waals surface area contributed by atoms with E-state index in [0.29, 0.717) is 11.9 Å². The van der Waals surface area contributed by atoms with Crippen molar-refractivity contribution < 1.29 is 0 Å². The third kappa shape index (κ3) is 3.54. The lowest BCUT2D eigenvalue weighted by atomic mass is 10.3. The van der Waals surface area contributed by atoms with Crippen LogP contribution in [0.15, 0.2) is 12.1 Å². The van der Waals surface area contributed by atoms with Crippen LogP contribution in [0.4, 0.5) is 5.82 Å². The molecular formula is C10H16ClN3S. The number of aromatic nitrogens is 2. The highest BCUT2D eigenvalue weighted by Gasteiger charge is 2.10. The molecule has 1 aromatic heterocycles. The molecule has 0 aliphatic heterocycles. The van der Waals surface area contributed by atoms with Crippen LogP contribution in [0.3, 0.4) is 0 Å². The lowest BCUT2D eigenvalue weighted by molar-refractivity contribution is 0.741. The number of nitrogens with zero attached hydrogens (tertiary/aromatic N) is 3. The summed E-state index contributed by atoms with van der Waals surface area (Å²) in [6.07, 6.45) is 2.10. The van der Waals surface area contributed by atoms with Gasteiger partial charge >= 0.3 is 0 Å². The lowest BCUT2D eigenvalue weighted by Crippen LogP contribution is -2.31. The summed E-state index contributed by atoms with van der Waals surface area (Å²) in [7, 11) is 2.03. The molecule has 0 amide bonds. The summed E-state index contributed by atoms with van der Waals surface area (Å²) in [6, 6.07) is 4.33. The maximum atomic E-state index is 5.65. The SMILES string of the molecule is CSCC(C)N(C)c1ccc(CCl)nn1. The number of rotatable bonds is 5. The van der Waals surface area contributed by atoms with E-state index >= 15 is 0 Å². The van der Waals surface area contributed by atoms with Crippen LogP contribution in [0.1, 0.15) is 12.6 Å². The van der Waals surface area contributed by atoms with Crippen molar-refractivity contribution in [3.63, 3.8) is 0 Å². The predicted octanol–water partition coefficient (Wildman–Crippen LogP) is 2.40. The maximum Gasteiger partial charge on any atom is 0.151 e. The normalized spacial score (nSPS) is 12.5. The Balaban J connectivity index is 2.69. The molecule has 5 heteroatoms. The van der Waals surface area contributed by atoms with Gasteiger partial charge in [-0.25, -0.2) is 0 Å². The van der Waals surface area contributed by atoms with Crippen LogP contribution in [-0.2, 0) is 5.88 Å². The second-order valence-electron chi connectivity index (χ2n) is 3.43. The Hall–Kier alpha value is -0.480. The van der Waals surface area contributed by atoms with Gasteiger partial charge in [0.1, 0.15) is 0 Å². The summed E-state index contributed by atoms with van der Waals surface area (Å²) in [5.74, 6) is 2.39. The van der Waals surface area contributed by atoms with Gasteiger partial charge in [0, 0.05) is 18.8 Å². The lowest BCUT2D eigenvalue weighted by Gasteiger charge is -2.24. The van der Waals surface area contributed by atoms with E-state index in [0.717, 1.165) is 17.3 Å². The van der Waals surface area contributed by atoms with Crippen LogP contribution < -0.4 is 4.90 Å². The van der Waals surface area contributed by atoms with Gasteiger partial charge in [0.15, 0.2) is 5.82 Å². The fourth-order valence-electron chi connectivity index (χ4n) is 1.19. The molecule has 0 saturated carbocycles. The molecule has 0 bridgehead atoms. The zero-order chi connectivity index (χ0) is 11.3. The standard InChI is InChI=1S/C10H16ClN3S/c1-8(7-15-3)14(2)10-5-4-9(6-11)12-13-10/h4-5,8H,6-7H2,1-3H3. The van der Waals surface area contributed by atoms with E-state index in [1.165, 1.54) is 0 Å². The molecule has 84 valence electrons. The van der Waals surface area contributed by atoms with Gasteiger partial charge in [0.05, 0.1) is 11.6 Å². The van der Waals surface area contributed by atoms with Crippen LogP contribution in [-0.4, -0.2) is 35.3 Å². The average Bonchev–Trinajstić information content (AvgIpc) is 2.28. The molecule has 0 radical (unpaired) electrons. The Labute approximate surface area is 100 Å². The minimum absolute atomic E-state index is 0.414. The first-order chi connectivity index (χ1) is 7.19. The van der Waals surface area contributed by atoms with Gasteiger partial charge in [0.25, 0.3) is 0 Å². The van der Waals surface area contributed by atoms with Gasteiger partial charge < -0.3 is 4.90 Å². The highest BCUT2D eigenvalue weighted by Crippen LogP contribution is 2.13. The summed E-state index contributed by atoms with van der Waals surface area (Å²) in [5.41, 5.74) is 0.811. The fourth-order valence-corrected chi connectivity index (χ4v) is 2.04. The van der Waals surface area contributed by atoms with Crippen molar-refractivity contribution >= 4 is 29.2 Å². The summed E-state index contributed by atoms with van der Waals surface area (Å²) in [4.78, 5) is 2.13. The molecular weight excluding hydrogens is 230 g/mol. The molecule has 1 rings (SSSR count). The molecule has 1 aromatic rings. The van der Waals surface area contributed by atoms with E-state index in [9.17, 15) is 0 Å². The molecule has 3 nitrogen and oxygen atoms in total. The zero-order valence-electron chi connectivity index (χ0n) is 9.27. The van der Waals surface area contributed by atoms with E-state index in [1.54, 1.807) is 0 Å². The van der Waals surface area contributed by atoms with Crippen molar-refractivity contribution in [1.82, 2.24) is 10.2 Å². The second-order valence-corrected chi connectivity index (χ2v) is 4.61. The molecule has 0 spiro atoms. The van der Waals surface area contributed by atoms with Crippen LogP contribution in [0.5, 0.6) is 0 Å². The first-order valence-corrected chi connectivity index (χ1v) is 6.72. The van der Waals surface area contributed by atoms with E-state index in [4.69, 9.17) is 11.6 Å². The van der Waals surface area contributed by atoms with Gasteiger partial charge in [-0.3, -0.25) is 0 Å². The van der Waals surface area contributed by atoms with E-state index in [1.807, 2.05) is 30.9 Å². The quantitative estimate of drug-likeness (QED) is 0.745. The van der Waals surface area contributed by atoms with Crippen molar-refractivity contribution in [2.24, 2.45) is 0 Å². The van der Waals surface area contributed by atoms with E-state index in [-0.39, 0.29) is 0 Å². The molecule has 0 aromatic carbocycles. The molecule has 0 saturated heterocycles. The third-order valence-electron chi connectivity index (χ3n) is 2.27. The molecule has 0 aliphatic carbocycles. The largest absolute Gasteiger partial charge is 0.355 e. The molecule has 0 fully saturated rings. The summed E-state index contributed by atoms with van der Waals surface area (Å²) in [5, 5.41) is 8.17. The molecule has 0 N–H and O–H groups in total. The van der Waals surface area contributed by atoms with Gasteiger partial charge in [-0.05, 0) is 25.3 Å². The first kappa shape index (κ1) is 12.6. The Morgan fingerprint density at radius 3 is 2.67 bits per heavy atom. The van der Waals surface area contributed by atoms with Crippen LogP contribution in [0.25, 0.3) is 0 Å². The zero-order valence-corrected chi connectivity index (χ0v) is 10.8. The van der Waals surface area contributed by atoms with Crippen molar-refractivity contribution in [3.8, 4) is 0 Å². The Bertz CT molecular complexity index is 291. The van der Waals surface area contributed by atoms with Crippen LogP contribution in [0, 0.1) is 0 Å². The number of anilines is 1. The second kappa shape index (κ2) is 6.18. The summed E-state index contributed by atoms with van der Waals surface area (Å²) >= 11 is 7.48. The first-order valence-electron chi connectivity index (χ1n) is 4.79. The van der Waals surface area contributed by atoms with Crippen LogP contribution in [0.2, 0.25) is 0 Å². The highest BCUT2D eigenvalue weighted by atomic mass is 35.5. The van der Waals surface area contributed by atoms with Gasteiger partial charge in [-0.2, -0.15) is 16.9 Å². The van der Waals surface area contributed by atoms with Crippen LogP contribution >= 0.6 is 23.4 Å². The molecule has 0 aliphatic rings. The molecule has 1 atom stereocenters. The minimum atomic E-state index is 0.414. The topological polar surface area (TPSA) is 29.0 Å². The maximum absolute atomic E-state index is 5.65.